The van der Waals surface area contributed by atoms with E-state index in [9.17, 15) is 9.18 Å². The fraction of sp³-hybridized carbons (Fsp3) is 0.417. The van der Waals surface area contributed by atoms with Crippen molar-refractivity contribution in [1.82, 2.24) is 0 Å². The maximum Gasteiger partial charge on any atom is 0.217 e. The van der Waals surface area contributed by atoms with Gasteiger partial charge in [0.25, 0.3) is 0 Å². The summed E-state index contributed by atoms with van der Waals surface area (Å²) in [6.07, 6.45) is 2.30. The monoisotopic (exact) mass is 336 g/mol. The van der Waals surface area contributed by atoms with Crippen molar-refractivity contribution in [2.24, 2.45) is 11.5 Å². The molecule has 0 aliphatic heterocycles. The Morgan fingerprint density at radius 1 is 1.44 bits per heavy atom. The molecule has 1 atom stereocenters. The van der Waals surface area contributed by atoms with E-state index in [1.165, 1.54) is 12.1 Å². The van der Waals surface area contributed by atoms with Crippen molar-refractivity contribution in [3.8, 4) is 0 Å². The summed E-state index contributed by atoms with van der Waals surface area (Å²) >= 11 is 9.05. The van der Waals surface area contributed by atoms with Gasteiger partial charge in [0, 0.05) is 22.5 Å². The molecular weight excluding hydrogens is 323 g/mol. The van der Waals surface area contributed by atoms with Crippen LogP contribution in [0.5, 0.6) is 0 Å². The average Bonchev–Trinajstić information content (AvgIpc) is 2.28. The van der Waals surface area contributed by atoms with Gasteiger partial charge in [0.1, 0.15) is 5.82 Å². The molecule has 1 amide bonds. The van der Waals surface area contributed by atoms with Crippen LogP contribution in [0.2, 0.25) is 5.02 Å². The number of hydrogen-bond acceptors (Lipinski definition) is 2. The zero-order chi connectivity index (χ0) is 13.7. The van der Waals surface area contributed by atoms with E-state index in [1.54, 1.807) is 0 Å². The zero-order valence-electron chi connectivity index (χ0n) is 9.76. The summed E-state index contributed by atoms with van der Waals surface area (Å²) in [6, 6.07) is 2.41. The van der Waals surface area contributed by atoms with Gasteiger partial charge in [-0.2, -0.15) is 0 Å². The molecule has 0 saturated heterocycles. The highest BCUT2D eigenvalue weighted by atomic mass is 79.9. The van der Waals surface area contributed by atoms with Crippen LogP contribution in [0, 0.1) is 5.82 Å². The van der Waals surface area contributed by atoms with Gasteiger partial charge in [-0.05, 0) is 40.9 Å². The minimum atomic E-state index is -0.427. The van der Waals surface area contributed by atoms with Crippen molar-refractivity contribution in [1.29, 1.82) is 0 Å². The molecule has 100 valence electrons. The average molecular weight is 338 g/mol. The van der Waals surface area contributed by atoms with Crippen LogP contribution in [0.3, 0.4) is 0 Å². The lowest BCUT2D eigenvalue weighted by Gasteiger charge is -2.13. The summed E-state index contributed by atoms with van der Waals surface area (Å²) in [4.78, 5) is 10.6. The number of nitrogens with two attached hydrogens (primary N) is 2. The van der Waals surface area contributed by atoms with E-state index >= 15 is 0 Å². The number of unbranched alkanes of at least 4 members (excludes halogenated alkanes) is 1. The number of carbonyl (C=O) groups excluding carboxylic acids is 1. The third-order valence-electron chi connectivity index (χ3n) is 2.63. The molecule has 0 fully saturated rings. The standard InChI is InChI=1S/C12H15BrClFN2O/c13-8-6-10(15)7(5-9(8)14)11(16)3-1-2-4-12(17)18/h5-6,11H,1-4,16H2,(H2,17,18). The van der Waals surface area contributed by atoms with Crippen molar-refractivity contribution < 1.29 is 9.18 Å². The van der Waals surface area contributed by atoms with Crippen LogP contribution in [0.15, 0.2) is 16.6 Å². The van der Waals surface area contributed by atoms with Crippen molar-refractivity contribution in [3.63, 3.8) is 0 Å². The second-order valence-electron chi connectivity index (χ2n) is 4.11. The van der Waals surface area contributed by atoms with Crippen molar-refractivity contribution in [2.75, 3.05) is 0 Å². The first-order chi connectivity index (χ1) is 8.41. The van der Waals surface area contributed by atoms with Crippen LogP contribution in [-0.2, 0) is 4.79 Å². The fourth-order valence-corrected chi connectivity index (χ4v) is 2.13. The van der Waals surface area contributed by atoms with Crippen LogP contribution in [-0.4, -0.2) is 5.91 Å². The number of hydrogen-bond donors (Lipinski definition) is 2. The first kappa shape index (κ1) is 15.4. The molecule has 0 aliphatic carbocycles. The second-order valence-corrected chi connectivity index (χ2v) is 5.37. The molecule has 4 N–H and O–H groups in total. The topological polar surface area (TPSA) is 69.1 Å². The molecular formula is C12H15BrClFN2O. The molecule has 0 aromatic heterocycles. The molecule has 1 aromatic carbocycles. The molecule has 3 nitrogen and oxygen atoms in total. The van der Waals surface area contributed by atoms with E-state index < -0.39 is 6.04 Å². The fourth-order valence-electron chi connectivity index (χ4n) is 1.64. The second kappa shape index (κ2) is 7.07. The van der Waals surface area contributed by atoms with Crippen LogP contribution < -0.4 is 11.5 Å². The summed E-state index contributed by atoms with van der Waals surface area (Å²) in [5, 5.41) is 0.430. The molecule has 1 unspecified atom stereocenters. The lowest BCUT2D eigenvalue weighted by Crippen LogP contribution is -2.13. The third-order valence-corrected chi connectivity index (χ3v) is 3.82. The molecule has 18 heavy (non-hydrogen) atoms. The van der Waals surface area contributed by atoms with E-state index in [4.69, 9.17) is 23.1 Å². The minimum absolute atomic E-state index is 0.330. The predicted octanol–water partition coefficient (Wildman–Crippen LogP) is 3.29. The van der Waals surface area contributed by atoms with E-state index in [2.05, 4.69) is 15.9 Å². The summed E-state index contributed by atoms with van der Waals surface area (Å²) in [5.41, 5.74) is 11.3. The number of halogens is 3. The lowest BCUT2D eigenvalue weighted by atomic mass is 10.0. The van der Waals surface area contributed by atoms with E-state index in [-0.39, 0.29) is 11.7 Å². The third kappa shape index (κ3) is 4.55. The largest absolute Gasteiger partial charge is 0.370 e. The SMILES string of the molecule is NC(=O)CCCCC(N)c1cc(Cl)c(Br)cc1F. The first-order valence-corrected chi connectivity index (χ1v) is 6.77. The van der Waals surface area contributed by atoms with E-state index in [0.717, 1.165) is 6.42 Å². The van der Waals surface area contributed by atoms with Gasteiger partial charge in [-0.3, -0.25) is 4.79 Å². The highest BCUT2D eigenvalue weighted by Gasteiger charge is 2.14. The maximum atomic E-state index is 13.7. The molecule has 6 heteroatoms. The van der Waals surface area contributed by atoms with Gasteiger partial charge in [-0.25, -0.2) is 4.39 Å². The maximum absolute atomic E-state index is 13.7. The van der Waals surface area contributed by atoms with Crippen LogP contribution in [0.1, 0.15) is 37.3 Å². The van der Waals surface area contributed by atoms with Crippen LogP contribution in [0.25, 0.3) is 0 Å². The predicted molar refractivity (Wildman–Crippen MR) is 73.7 cm³/mol. The lowest BCUT2D eigenvalue weighted by molar-refractivity contribution is -0.118. The summed E-state index contributed by atoms with van der Waals surface area (Å²) in [7, 11) is 0. The van der Waals surface area contributed by atoms with Gasteiger partial charge in [-0.15, -0.1) is 0 Å². The van der Waals surface area contributed by atoms with Crippen molar-refractivity contribution in [2.45, 2.75) is 31.7 Å². The minimum Gasteiger partial charge on any atom is -0.370 e. The van der Waals surface area contributed by atoms with Gasteiger partial charge in [0.15, 0.2) is 0 Å². The summed E-state index contributed by atoms with van der Waals surface area (Å²) in [5.74, 6) is -0.713. The zero-order valence-corrected chi connectivity index (χ0v) is 12.1. The molecule has 0 bridgehead atoms. The van der Waals surface area contributed by atoms with Crippen LogP contribution in [0.4, 0.5) is 4.39 Å². The Hall–Kier alpha value is -0.650. The molecule has 0 aliphatic rings. The van der Waals surface area contributed by atoms with E-state index in [0.29, 0.717) is 34.3 Å². The van der Waals surface area contributed by atoms with Crippen molar-refractivity contribution in [3.05, 3.63) is 33.0 Å². The molecule has 0 saturated carbocycles. The summed E-state index contributed by atoms with van der Waals surface area (Å²) < 4.78 is 14.2. The highest BCUT2D eigenvalue weighted by Crippen LogP contribution is 2.29. The Bertz CT molecular complexity index is 442. The van der Waals surface area contributed by atoms with Crippen molar-refractivity contribution >= 4 is 33.4 Å². The Morgan fingerprint density at radius 3 is 2.72 bits per heavy atom. The Labute approximate surface area is 119 Å². The van der Waals surface area contributed by atoms with Gasteiger partial charge >= 0.3 is 0 Å². The van der Waals surface area contributed by atoms with Gasteiger partial charge < -0.3 is 11.5 Å². The number of rotatable bonds is 6. The Kier molecular flexibility index (Phi) is 6.05. The Balaban J connectivity index is 2.58. The first-order valence-electron chi connectivity index (χ1n) is 5.60. The smallest absolute Gasteiger partial charge is 0.217 e. The number of benzene rings is 1. The van der Waals surface area contributed by atoms with Gasteiger partial charge in [0.2, 0.25) is 5.91 Å². The number of amides is 1. The molecule has 0 heterocycles. The molecule has 1 rings (SSSR count). The molecule has 1 aromatic rings. The van der Waals surface area contributed by atoms with E-state index in [1.807, 2.05) is 0 Å². The molecule has 0 radical (unpaired) electrons. The van der Waals surface area contributed by atoms with Gasteiger partial charge in [-0.1, -0.05) is 18.0 Å². The summed E-state index contributed by atoms with van der Waals surface area (Å²) in [6.45, 7) is 0. The Morgan fingerprint density at radius 2 is 2.11 bits per heavy atom. The van der Waals surface area contributed by atoms with Gasteiger partial charge in [0.05, 0.1) is 5.02 Å². The number of carbonyl (C=O) groups is 1. The van der Waals surface area contributed by atoms with Crippen LogP contribution >= 0.6 is 27.5 Å². The highest BCUT2D eigenvalue weighted by molar-refractivity contribution is 9.10. The quantitative estimate of drug-likeness (QED) is 0.618. The molecule has 0 spiro atoms. The normalized spacial score (nSPS) is 12.4. The number of primary amides is 1.